The highest BCUT2D eigenvalue weighted by Gasteiger charge is 2.60. The minimum Gasteiger partial charge on any atom is -0.477 e. The van der Waals surface area contributed by atoms with E-state index in [0.29, 0.717) is 19.3 Å². The summed E-state index contributed by atoms with van der Waals surface area (Å²) in [5.41, 5.74) is 0. The number of hydrogen-bond acceptors (Lipinski definition) is 20. The predicted molar refractivity (Wildman–Crippen MR) is 403 cm³/mol. The second kappa shape index (κ2) is 60.5. The van der Waals surface area contributed by atoms with E-state index in [-0.39, 0.29) is 18.9 Å². The van der Waals surface area contributed by atoms with Crippen LogP contribution in [0.2, 0.25) is 0 Å². The van der Waals surface area contributed by atoms with Gasteiger partial charge in [0.2, 0.25) is 11.8 Å². The number of carboxylic acids is 1. The summed E-state index contributed by atoms with van der Waals surface area (Å²) < 4.78 is 35.0. The molecular formula is C81H154N2O21. The van der Waals surface area contributed by atoms with Crippen LogP contribution in [0, 0.1) is 0 Å². The van der Waals surface area contributed by atoms with Crippen molar-refractivity contribution in [1.29, 1.82) is 0 Å². The third-order valence-electron chi connectivity index (χ3n) is 21.8. The first-order valence-electron chi connectivity index (χ1n) is 42.4. The quantitative estimate of drug-likeness (QED) is 0.0252. The zero-order chi connectivity index (χ0) is 76.0. The summed E-state index contributed by atoms with van der Waals surface area (Å²) in [5, 5.41) is 137. The Kier molecular flexibility index (Phi) is 55.8. The van der Waals surface area contributed by atoms with Crippen LogP contribution in [0.1, 0.15) is 361 Å². The van der Waals surface area contributed by atoms with Gasteiger partial charge in [0.25, 0.3) is 5.79 Å². The summed E-state index contributed by atoms with van der Waals surface area (Å²) in [6.45, 7) is 2.28. The van der Waals surface area contributed by atoms with Crippen molar-refractivity contribution in [1.82, 2.24) is 10.6 Å². The standard InChI is InChI=1S/C81H154N2O21/c1-4-6-8-10-12-14-16-18-20-22-24-26-28-29-30-31-32-33-35-37-39-41-43-45-47-49-51-53-55-68(91)83-62(63(88)54-52-50-48-46-44-42-40-38-36-34-27-25-23-21-19-17-15-13-11-9-7-5-2)60-99-78-73(95)72(94)75(67(59-86)101-78)102-79-74(96)77(71(93)66(58-85)100-79)104-81(80(97)98)56-64(89)69(82-61(3)87)76(103-81)70(92)65(90)57-84/h62-67,69-79,84-86,88-90,92-96H,4-60H2,1-3H3,(H,82,87)(H,83,91)(H,97,98). The molecule has 23 heteroatoms. The van der Waals surface area contributed by atoms with E-state index in [1.54, 1.807) is 0 Å². The molecule has 0 saturated carbocycles. The first-order chi connectivity index (χ1) is 50.4. The van der Waals surface area contributed by atoms with Crippen LogP contribution in [-0.4, -0.2) is 215 Å². The number of nitrogens with one attached hydrogen (secondary N) is 2. The molecule has 0 aromatic carbocycles. The zero-order valence-corrected chi connectivity index (χ0v) is 65.2. The van der Waals surface area contributed by atoms with E-state index < -0.39 is 148 Å². The van der Waals surface area contributed by atoms with Crippen LogP contribution in [0.4, 0.5) is 0 Å². The highest BCUT2D eigenvalue weighted by atomic mass is 16.8. The van der Waals surface area contributed by atoms with Gasteiger partial charge in [-0.1, -0.05) is 328 Å². The Morgan fingerprint density at radius 2 is 0.837 bits per heavy atom. The number of ether oxygens (including phenoxy) is 6. The fourth-order valence-corrected chi connectivity index (χ4v) is 15.1. The van der Waals surface area contributed by atoms with Crippen LogP contribution in [0.15, 0.2) is 0 Å². The molecule has 0 bridgehead atoms. The van der Waals surface area contributed by atoms with Crippen LogP contribution < -0.4 is 10.6 Å². The van der Waals surface area contributed by atoms with Crippen LogP contribution in [0.25, 0.3) is 0 Å². The number of aliphatic carboxylic acids is 1. The maximum absolute atomic E-state index is 13.6. The molecule has 3 saturated heterocycles. The second-order valence-corrected chi connectivity index (χ2v) is 31.1. The van der Waals surface area contributed by atoms with Gasteiger partial charge in [-0.3, -0.25) is 9.59 Å². The summed E-state index contributed by atoms with van der Waals surface area (Å²) in [6.07, 6.45) is 35.3. The maximum Gasteiger partial charge on any atom is 0.364 e. The molecule has 3 rings (SSSR count). The molecule has 14 N–H and O–H groups in total. The van der Waals surface area contributed by atoms with Crippen molar-refractivity contribution in [2.45, 2.75) is 471 Å². The number of carbonyl (C=O) groups excluding carboxylic acids is 2. The Hall–Kier alpha value is -2.27. The molecule has 0 aromatic rings. The van der Waals surface area contributed by atoms with E-state index in [0.717, 1.165) is 51.9 Å². The number of hydrogen-bond donors (Lipinski definition) is 14. The van der Waals surface area contributed by atoms with E-state index in [1.807, 2.05) is 0 Å². The largest absolute Gasteiger partial charge is 0.477 e. The average Bonchev–Trinajstić information content (AvgIpc) is 0.755. The Morgan fingerprint density at radius 3 is 1.20 bits per heavy atom. The Bertz CT molecular complexity index is 2070. The zero-order valence-electron chi connectivity index (χ0n) is 65.2. The van der Waals surface area contributed by atoms with E-state index in [1.165, 1.54) is 263 Å². The second-order valence-electron chi connectivity index (χ2n) is 31.1. The fourth-order valence-electron chi connectivity index (χ4n) is 15.1. The van der Waals surface area contributed by atoms with E-state index in [2.05, 4.69) is 24.5 Å². The number of rotatable bonds is 68. The average molecular weight is 1490 g/mol. The van der Waals surface area contributed by atoms with Crippen molar-refractivity contribution < 1.29 is 104 Å². The third kappa shape index (κ3) is 40.1. The number of carbonyl (C=O) groups is 3. The summed E-state index contributed by atoms with van der Waals surface area (Å²) in [7, 11) is 0. The van der Waals surface area contributed by atoms with Crippen LogP contribution in [0.3, 0.4) is 0 Å². The van der Waals surface area contributed by atoms with Gasteiger partial charge in [-0.15, -0.1) is 0 Å². The molecule has 104 heavy (non-hydrogen) atoms. The van der Waals surface area contributed by atoms with Crippen molar-refractivity contribution in [3.63, 3.8) is 0 Å². The normalized spacial score (nSPS) is 26.3. The first-order valence-corrected chi connectivity index (χ1v) is 42.4. The molecule has 3 aliphatic heterocycles. The van der Waals surface area contributed by atoms with Gasteiger partial charge in [0.1, 0.15) is 67.1 Å². The summed E-state index contributed by atoms with van der Waals surface area (Å²) in [6, 6.07) is -2.53. The van der Waals surface area contributed by atoms with Crippen molar-refractivity contribution in [3.05, 3.63) is 0 Å². The summed E-state index contributed by atoms with van der Waals surface area (Å²) in [5.74, 6) is -6.09. The van der Waals surface area contributed by atoms with Gasteiger partial charge in [-0.05, 0) is 12.8 Å². The van der Waals surface area contributed by atoms with Crippen molar-refractivity contribution in [2.75, 3.05) is 26.4 Å². The van der Waals surface area contributed by atoms with Gasteiger partial charge >= 0.3 is 5.97 Å². The van der Waals surface area contributed by atoms with Crippen LogP contribution in [-0.2, 0) is 42.8 Å². The highest BCUT2D eigenvalue weighted by molar-refractivity contribution is 5.77. The van der Waals surface area contributed by atoms with Crippen LogP contribution >= 0.6 is 0 Å². The maximum atomic E-state index is 13.6. The van der Waals surface area contributed by atoms with Gasteiger partial charge < -0.3 is 100 Å². The molecule has 614 valence electrons. The third-order valence-corrected chi connectivity index (χ3v) is 21.8. The summed E-state index contributed by atoms with van der Waals surface area (Å²) in [4.78, 5) is 38.8. The monoisotopic (exact) mass is 1490 g/mol. The SMILES string of the molecule is CCCCCCCCCCCCCCCCCCCCCCCCCCCCCCC(=O)NC(COC1OC(CO)C(OC2OC(CO)C(O)C(OC3(C(=O)O)CC(O)C(NC(C)=O)C(C(O)C(O)CO)O3)C2O)C(O)C1O)C(O)CCCCCCCCCCCCCCCCCCCCCCCC. The molecule has 18 unspecified atom stereocenters. The molecule has 18 atom stereocenters. The molecule has 0 aliphatic carbocycles. The molecule has 23 nitrogen and oxygen atoms in total. The lowest BCUT2D eigenvalue weighted by atomic mass is 9.88. The molecule has 0 spiro atoms. The lowest BCUT2D eigenvalue weighted by Crippen LogP contribution is -2.70. The summed E-state index contributed by atoms with van der Waals surface area (Å²) >= 11 is 0. The number of aliphatic hydroxyl groups excluding tert-OH is 11. The molecule has 0 aromatic heterocycles. The number of carboxylic acid groups (broad SMARTS) is 1. The number of aliphatic hydroxyl groups is 11. The lowest BCUT2D eigenvalue weighted by molar-refractivity contribution is -0.386. The van der Waals surface area contributed by atoms with Crippen LogP contribution in [0.5, 0.6) is 0 Å². The van der Waals surface area contributed by atoms with E-state index in [9.17, 15) is 75.7 Å². The Morgan fingerprint density at radius 1 is 0.462 bits per heavy atom. The van der Waals surface area contributed by atoms with Gasteiger partial charge in [0.05, 0.1) is 50.7 Å². The Balaban J connectivity index is 1.48. The van der Waals surface area contributed by atoms with Gasteiger partial charge in [-0.25, -0.2) is 4.79 Å². The molecule has 3 heterocycles. The van der Waals surface area contributed by atoms with Crippen molar-refractivity contribution >= 4 is 17.8 Å². The minimum atomic E-state index is -3.08. The molecule has 0 radical (unpaired) electrons. The molecule has 3 aliphatic rings. The first kappa shape index (κ1) is 95.9. The van der Waals surface area contributed by atoms with Gasteiger partial charge in [-0.2, -0.15) is 0 Å². The number of amides is 2. The van der Waals surface area contributed by atoms with E-state index >= 15 is 0 Å². The molecule has 3 fully saturated rings. The van der Waals surface area contributed by atoms with Gasteiger partial charge in [0, 0.05) is 19.8 Å². The lowest BCUT2D eigenvalue weighted by Gasteiger charge is -2.50. The highest BCUT2D eigenvalue weighted by Crippen LogP contribution is 2.39. The predicted octanol–water partition coefficient (Wildman–Crippen LogP) is 12.0. The van der Waals surface area contributed by atoms with Crippen molar-refractivity contribution in [2.24, 2.45) is 0 Å². The fraction of sp³-hybridized carbons (Fsp3) is 0.963. The minimum absolute atomic E-state index is 0.230. The molecule has 2 amide bonds. The smallest absolute Gasteiger partial charge is 0.364 e. The van der Waals surface area contributed by atoms with E-state index in [4.69, 9.17) is 28.4 Å². The van der Waals surface area contributed by atoms with Crippen molar-refractivity contribution in [3.8, 4) is 0 Å². The Labute approximate surface area is 627 Å². The molecular weight excluding hydrogens is 1340 g/mol. The topological polar surface area (TPSA) is 373 Å². The van der Waals surface area contributed by atoms with Gasteiger partial charge in [0.15, 0.2) is 12.6 Å². The number of unbranched alkanes of at least 4 members (excludes halogenated alkanes) is 48.